The number of nitriles is 1. The molecule has 1 aromatic carbocycles. The number of nitrogens with zero attached hydrogens (tertiary/aromatic N) is 2. The van der Waals surface area contributed by atoms with E-state index in [1.54, 1.807) is 0 Å². The molecular formula is C17H23N3O3. The highest BCUT2D eigenvalue weighted by molar-refractivity contribution is 5.78. The fourth-order valence-electron chi connectivity index (χ4n) is 2.51. The Labute approximate surface area is 137 Å². The van der Waals surface area contributed by atoms with Crippen LogP contribution in [0.4, 0.5) is 0 Å². The van der Waals surface area contributed by atoms with Gasteiger partial charge in [-0.3, -0.25) is 9.69 Å². The third-order valence-electron chi connectivity index (χ3n) is 3.50. The van der Waals surface area contributed by atoms with Crippen molar-refractivity contribution in [3.8, 4) is 17.6 Å². The smallest absolute Gasteiger partial charge is 0.234 e. The molecule has 0 radical (unpaired) electrons. The zero-order valence-electron chi connectivity index (χ0n) is 13.5. The van der Waals surface area contributed by atoms with E-state index in [-0.39, 0.29) is 12.0 Å². The van der Waals surface area contributed by atoms with Crippen LogP contribution in [0.25, 0.3) is 0 Å². The highest BCUT2D eigenvalue weighted by Gasteiger charge is 2.23. The summed E-state index contributed by atoms with van der Waals surface area (Å²) in [6.45, 7) is 4.70. The van der Waals surface area contributed by atoms with E-state index in [9.17, 15) is 4.79 Å². The lowest BCUT2D eigenvalue weighted by molar-refractivity contribution is -0.122. The second kappa shape index (κ2) is 9.01. The first-order valence-corrected chi connectivity index (χ1v) is 7.97. The van der Waals surface area contributed by atoms with E-state index in [4.69, 9.17) is 14.7 Å². The van der Waals surface area contributed by atoms with E-state index in [1.807, 2.05) is 30.3 Å². The Morgan fingerprint density at radius 1 is 1.43 bits per heavy atom. The van der Waals surface area contributed by atoms with Crippen molar-refractivity contribution in [2.24, 2.45) is 0 Å². The van der Waals surface area contributed by atoms with Gasteiger partial charge in [-0.15, -0.1) is 0 Å². The van der Waals surface area contributed by atoms with Crippen molar-refractivity contribution in [2.45, 2.75) is 25.9 Å². The Morgan fingerprint density at radius 2 is 2.22 bits per heavy atom. The molecule has 6 heteroatoms. The van der Waals surface area contributed by atoms with Crippen molar-refractivity contribution >= 4 is 5.91 Å². The first-order chi connectivity index (χ1) is 11.2. The number of fused-ring (bicyclic) bond motifs is 1. The Balaban J connectivity index is 1.85. The lowest BCUT2D eigenvalue weighted by Gasteiger charge is -2.31. The van der Waals surface area contributed by atoms with Crippen molar-refractivity contribution in [1.82, 2.24) is 10.2 Å². The summed E-state index contributed by atoms with van der Waals surface area (Å²) in [7, 11) is 0. The molecule has 0 fully saturated rings. The summed E-state index contributed by atoms with van der Waals surface area (Å²) in [6, 6.07) is 9.62. The molecule has 0 spiro atoms. The molecule has 1 aliphatic rings. The number of hydrogen-bond acceptors (Lipinski definition) is 5. The van der Waals surface area contributed by atoms with Crippen LogP contribution < -0.4 is 14.8 Å². The first-order valence-electron chi connectivity index (χ1n) is 7.97. The van der Waals surface area contributed by atoms with Gasteiger partial charge in [-0.1, -0.05) is 19.1 Å². The maximum atomic E-state index is 11.9. The molecule has 0 aromatic heterocycles. The maximum Gasteiger partial charge on any atom is 0.234 e. The Morgan fingerprint density at radius 3 is 2.96 bits per heavy atom. The molecule has 23 heavy (non-hydrogen) atoms. The minimum absolute atomic E-state index is 0.0640. The lowest BCUT2D eigenvalue weighted by Crippen LogP contribution is -2.45. The summed E-state index contributed by atoms with van der Waals surface area (Å²) in [6.07, 6.45) is 1.19. The molecule has 2 rings (SSSR count). The van der Waals surface area contributed by atoms with Gasteiger partial charge in [0, 0.05) is 13.1 Å². The third kappa shape index (κ3) is 5.46. The van der Waals surface area contributed by atoms with E-state index in [0.29, 0.717) is 32.7 Å². The van der Waals surface area contributed by atoms with E-state index in [1.165, 1.54) is 0 Å². The van der Waals surface area contributed by atoms with Crippen LogP contribution in [0.5, 0.6) is 11.5 Å². The second-order valence-corrected chi connectivity index (χ2v) is 5.49. The molecule has 0 saturated heterocycles. The minimum atomic E-state index is -0.0941. The number of rotatable bonds is 8. The van der Waals surface area contributed by atoms with Crippen molar-refractivity contribution < 1.29 is 14.3 Å². The zero-order valence-corrected chi connectivity index (χ0v) is 13.5. The summed E-state index contributed by atoms with van der Waals surface area (Å²) in [5.41, 5.74) is 0. The SMILES string of the molecule is CCCN(CC(=O)NCCC#N)CC1COc2ccccc2O1. The van der Waals surface area contributed by atoms with Gasteiger partial charge in [0.05, 0.1) is 19.0 Å². The molecule has 1 unspecified atom stereocenters. The number of hydrogen-bond donors (Lipinski definition) is 1. The van der Waals surface area contributed by atoms with Crippen LogP contribution in [-0.4, -0.2) is 49.7 Å². The van der Waals surface area contributed by atoms with Crippen molar-refractivity contribution in [2.75, 3.05) is 32.8 Å². The van der Waals surface area contributed by atoms with Crippen LogP contribution in [0.3, 0.4) is 0 Å². The van der Waals surface area contributed by atoms with Gasteiger partial charge in [0.2, 0.25) is 5.91 Å². The summed E-state index contributed by atoms with van der Waals surface area (Å²) in [4.78, 5) is 14.0. The van der Waals surface area contributed by atoms with Gasteiger partial charge < -0.3 is 14.8 Å². The number of ether oxygens (including phenoxy) is 2. The molecule has 1 aromatic rings. The summed E-state index contributed by atoms with van der Waals surface area (Å²) >= 11 is 0. The van der Waals surface area contributed by atoms with Gasteiger partial charge in [0.15, 0.2) is 11.5 Å². The van der Waals surface area contributed by atoms with Crippen LogP contribution in [0.1, 0.15) is 19.8 Å². The predicted molar refractivity (Wildman–Crippen MR) is 86.3 cm³/mol. The standard InChI is InChI=1S/C17H23N3O3/c1-2-10-20(12-17(21)19-9-5-8-18)11-14-13-22-15-6-3-4-7-16(15)23-14/h3-4,6-7,14H,2,5,9-13H2,1H3,(H,19,21). The minimum Gasteiger partial charge on any atom is -0.486 e. The molecule has 1 aliphatic heterocycles. The van der Waals surface area contributed by atoms with Gasteiger partial charge in [-0.25, -0.2) is 0 Å². The van der Waals surface area contributed by atoms with Crippen molar-refractivity contribution in [3.63, 3.8) is 0 Å². The monoisotopic (exact) mass is 317 g/mol. The number of carbonyl (C=O) groups is 1. The number of para-hydroxylation sites is 2. The van der Waals surface area contributed by atoms with E-state index in [2.05, 4.69) is 17.1 Å². The van der Waals surface area contributed by atoms with Crippen molar-refractivity contribution in [1.29, 1.82) is 5.26 Å². The Kier molecular flexibility index (Phi) is 6.70. The molecule has 0 bridgehead atoms. The molecule has 1 heterocycles. The lowest BCUT2D eigenvalue weighted by atomic mass is 10.2. The van der Waals surface area contributed by atoms with Crippen LogP contribution in [-0.2, 0) is 4.79 Å². The normalized spacial score (nSPS) is 16.0. The highest BCUT2D eigenvalue weighted by Crippen LogP contribution is 2.30. The zero-order chi connectivity index (χ0) is 16.5. The maximum absolute atomic E-state index is 11.9. The van der Waals surface area contributed by atoms with Gasteiger partial charge in [-0.05, 0) is 25.1 Å². The largest absolute Gasteiger partial charge is 0.486 e. The van der Waals surface area contributed by atoms with Gasteiger partial charge in [-0.2, -0.15) is 5.26 Å². The summed E-state index contributed by atoms with van der Waals surface area (Å²) < 4.78 is 11.7. The van der Waals surface area contributed by atoms with Crippen LogP contribution in [0.2, 0.25) is 0 Å². The topological polar surface area (TPSA) is 74.6 Å². The van der Waals surface area contributed by atoms with Crippen molar-refractivity contribution in [3.05, 3.63) is 24.3 Å². The Bertz CT molecular complexity index is 556. The molecule has 6 nitrogen and oxygen atoms in total. The van der Waals surface area contributed by atoms with Gasteiger partial charge in [0.25, 0.3) is 0 Å². The van der Waals surface area contributed by atoms with Crippen LogP contribution in [0.15, 0.2) is 24.3 Å². The average molecular weight is 317 g/mol. The fourth-order valence-corrected chi connectivity index (χ4v) is 2.51. The van der Waals surface area contributed by atoms with E-state index >= 15 is 0 Å². The fraction of sp³-hybridized carbons (Fsp3) is 0.529. The average Bonchev–Trinajstić information content (AvgIpc) is 2.55. The number of carbonyl (C=O) groups excluding carboxylic acids is 1. The number of benzene rings is 1. The number of amides is 1. The molecule has 0 aliphatic carbocycles. The third-order valence-corrected chi connectivity index (χ3v) is 3.50. The van der Waals surface area contributed by atoms with Gasteiger partial charge in [0.1, 0.15) is 12.7 Å². The molecule has 124 valence electrons. The molecule has 1 atom stereocenters. The molecule has 0 saturated carbocycles. The Hall–Kier alpha value is -2.26. The van der Waals surface area contributed by atoms with Crippen LogP contribution in [0, 0.1) is 11.3 Å². The van der Waals surface area contributed by atoms with E-state index in [0.717, 1.165) is 24.5 Å². The molecule has 1 amide bonds. The predicted octanol–water partition coefficient (Wildman–Crippen LogP) is 1.57. The quantitative estimate of drug-likeness (QED) is 0.737. The first kappa shape index (κ1) is 17.1. The summed E-state index contributed by atoms with van der Waals surface area (Å²) in [5, 5.41) is 11.2. The molecular weight excluding hydrogens is 294 g/mol. The number of nitrogens with one attached hydrogen (secondary N) is 1. The molecule has 1 N–H and O–H groups in total. The second-order valence-electron chi connectivity index (χ2n) is 5.49. The van der Waals surface area contributed by atoms with Gasteiger partial charge >= 0.3 is 0 Å². The summed E-state index contributed by atoms with van der Waals surface area (Å²) in [5.74, 6) is 1.45. The van der Waals surface area contributed by atoms with E-state index < -0.39 is 0 Å². The van der Waals surface area contributed by atoms with Crippen LogP contribution >= 0.6 is 0 Å². The highest BCUT2D eigenvalue weighted by atomic mass is 16.6.